The molecule has 3 atom stereocenters. The minimum absolute atomic E-state index is 0.351. The van der Waals surface area contributed by atoms with Gasteiger partial charge in [0.05, 0.1) is 25.2 Å². The minimum Gasteiger partial charge on any atom is -0.391 e. The van der Waals surface area contributed by atoms with E-state index in [0.29, 0.717) is 0 Å². The van der Waals surface area contributed by atoms with Crippen molar-refractivity contribution >= 4 is 17.7 Å². The molecule has 0 aliphatic carbocycles. The Hall–Kier alpha value is -1.51. The summed E-state index contributed by atoms with van der Waals surface area (Å²) in [5.41, 5.74) is 0. The van der Waals surface area contributed by atoms with Gasteiger partial charge in [-0.1, -0.05) is 0 Å². The van der Waals surface area contributed by atoms with Gasteiger partial charge in [0.1, 0.15) is 6.10 Å². The Labute approximate surface area is 104 Å². The van der Waals surface area contributed by atoms with E-state index in [-0.39, 0.29) is 6.54 Å². The molecule has 8 nitrogen and oxygen atoms in total. The molecule has 0 aromatic carbocycles. The molecule has 0 spiro atoms. The Morgan fingerprint density at radius 2 is 1.67 bits per heavy atom. The molecule has 0 aromatic heterocycles. The number of amides is 3. The third kappa shape index (κ3) is 6.94. The van der Waals surface area contributed by atoms with Gasteiger partial charge in [0.2, 0.25) is 17.7 Å². The molecule has 0 radical (unpaired) electrons. The third-order valence-corrected chi connectivity index (χ3v) is 2.06. The van der Waals surface area contributed by atoms with Crippen LogP contribution < -0.4 is 10.6 Å². The van der Waals surface area contributed by atoms with Crippen LogP contribution in [0, 0.1) is 0 Å². The minimum atomic E-state index is -1.47. The van der Waals surface area contributed by atoms with E-state index in [0.717, 1.165) is 0 Å². The van der Waals surface area contributed by atoms with E-state index in [1.54, 1.807) is 0 Å². The second-order valence-corrected chi connectivity index (χ2v) is 3.88. The normalized spacial score (nSPS) is 15.4. The summed E-state index contributed by atoms with van der Waals surface area (Å²) in [7, 11) is 0. The zero-order chi connectivity index (χ0) is 14.3. The van der Waals surface area contributed by atoms with E-state index in [1.807, 2.05) is 5.32 Å². The van der Waals surface area contributed by atoms with Crippen LogP contribution in [-0.2, 0) is 14.4 Å². The van der Waals surface area contributed by atoms with E-state index in [4.69, 9.17) is 5.11 Å². The average Bonchev–Trinajstić information content (AvgIpc) is 2.24. The van der Waals surface area contributed by atoms with Crippen molar-refractivity contribution in [1.82, 2.24) is 10.6 Å². The van der Waals surface area contributed by atoms with Gasteiger partial charge < -0.3 is 20.6 Å². The summed E-state index contributed by atoms with van der Waals surface area (Å²) in [6.07, 6.45) is -4.67. The summed E-state index contributed by atoms with van der Waals surface area (Å²) in [5.74, 6) is -1.95. The summed E-state index contributed by atoms with van der Waals surface area (Å²) < 4.78 is 0. The van der Waals surface area contributed by atoms with Crippen LogP contribution in [0.25, 0.3) is 0 Å². The molecule has 0 heterocycles. The molecule has 0 aliphatic rings. The first-order valence-corrected chi connectivity index (χ1v) is 5.35. The van der Waals surface area contributed by atoms with E-state index in [9.17, 15) is 24.6 Å². The standard InChI is InChI=1S/C10H18N2O6/c1-5(13)10(18)7(15)3-8(16)12-9(17)4-11-6(2)14/h5,7,10,13,15,18H,3-4H2,1-2H3,(H,11,14)(H,12,16,17)/t5-,7-,10-/m0/s1. The van der Waals surface area contributed by atoms with Gasteiger partial charge in [-0.3, -0.25) is 19.7 Å². The van der Waals surface area contributed by atoms with Gasteiger partial charge in [-0.05, 0) is 6.92 Å². The van der Waals surface area contributed by atoms with Crippen molar-refractivity contribution in [3.63, 3.8) is 0 Å². The predicted molar refractivity (Wildman–Crippen MR) is 60.1 cm³/mol. The first-order valence-electron chi connectivity index (χ1n) is 5.35. The first-order chi connectivity index (χ1) is 8.23. The van der Waals surface area contributed by atoms with Crippen molar-refractivity contribution in [3.8, 4) is 0 Å². The molecule has 18 heavy (non-hydrogen) atoms. The van der Waals surface area contributed by atoms with Crippen LogP contribution in [0.2, 0.25) is 0 Å². The van der Waals surface area contributed by atoms with Crippen LogP contribution in [0.5, 0.6) is 0 Å². The number of nitrogens with one attached hydrogen (secondary N) is 2. The van der Waals surface area contributed by atoms with Crippen LogP contribution in [0.15, 0.2) is 0 Å². The van der Waals surface area contributed by atoms with E-state index >= 15 is 0 Å². The first kappa shape index (κ1) is 16.5. The van der Waals surface area contributed by atoms with Gasteiger partial charge in [0, 0.05) is 6.92 Å². The number of carbonyl (C=O) groups excluding carboxylic acids is 3. The Balaban J connectivity index is 4.03. The van der Waals surface area contributed by atoms with Crippen LogP contribution in [-0.4, -0.2) is 57.9 Å². The highest BCUT2D eigenvalue weighted by atomic mass is 16.4. The van der Waals surface area contributed by atoms with Crippen LogP contribution in [0.1, 0.15) is 20.3 Å². The molecule has 104 valence electrons. The largest absolute Gasteiger partial charge is 0.391 e. The smallest absolute Gasteiger partial charge is 0.245 e. The fourth-order valence-corrected chi connectivity index (χ4v) is 1.09. The summed E-state index contributed by atoms with van der Waals surface area (Å²) >= 11 is 0. The number of imide groups is 1. The fraction of sp³-hybridized carbons (Fsp3) is 0.700. The lowest BCUT2D eigenvalue weighted by Gasteiger charge is -2.19. The molecule has 8 heteroatoms. The highest BCUT2D eigenvalue weighted by Gasteiger charge is 2.24. The average molecular weight is 262 g/mol. The Morgan fingerprint density at radius 3 is 2.11 bits per heavy atom. The van der Waals surface area contributed by atoms with Gasteiger partial charge in [0.15, 0.2) is 0 Å². The maximum Gasteiger partial charge on any atom is 0.245 e. The SMILES string of the molecule is CC(=O)NCC(=O)NC(=O)C[C@H](O)[C@@H](O)[C@H](C)O. The fourth-order valence-electron chi connectivity index (χ4n) is 1.09. The third-order valence-electron chi connectivity index (χ3n) is 2.06. The maximum atomic E-state index is 11.2. The van der Waals surface area contributed by atoms with Gasteiger partial charge >= 0.3 is 0 Å². The molecule has 3 amide bonds. The summed E-state index contributed by atoms with van der Waals surface area (Å²) in [4.78, 5) is 32.8. The molecule has 0 rings (SSSR count). The molecule has 0 fully saturated rings. The quantitative estimate of drug-likeness (QED) is 0.352. The number of hydrogen-bond acceptors (Lipinski definition) is 6. The second-order valence-electron chi connectivity index (χ2n) is 3.88. The number of aliphatic hydroxyl groups is 3. The van der Waals surface area contributed by atoms with Gasteiger partial charge in [-0.25, -0.2) is 0 Å². The van der Waals surface area contributed by atoms with Crippen LogP contribution in [0.3, 0.4) is 0 Å². The van der Waals surface area contributed by atoms with Crippen LogP contribution >= 0.6 is 0 Å². The maximum absolute atomic E-state index is 11.2. The van der Waals surface area contributed by atoms with Crippen molar-refractivity contribution in [1.29, 1.82) is 0 Å². The number of carbonyl (C=O) groups is 3. The molecule has 0 saturated carbocycles. The molecule has 0 bridgehead atoms. The number of rotatable bonds is 6. The van der Waals surface area contributed by atoms with Crippen molar-refractivity contribution in [2.24, 2.45) is 0 Å². The van der Waals surface area contributed by atoms with Crippen LogP contribution in [0.4, 0.5) is 0 Å². The summed E-state index contributed by atoms with van der Waals surface area (Å²) in [5, 5.41) is 31.6. The Kier molecular flexibility index (Phi) is 7.10. The topological polar surface area (TPSA) is 136 Å². The molecule has 0 aromatic rings. The molecular weight excluding hydrogens is 244 g/mol. The van der Waals surface area contributed by atoms with Gasteiger partial charge in [-0.15, -0.1) is 0 Å². The molecule has 0 unspecified atom stereocenters. The number of aliphatic hydroxyl groups excluding tert-OH is 3. The lowest BCUT2D eigenvalue weighted by atomic mass is 10.1. The predicted octanol–water partition coefficient (Wildman–Crippen LogP) is -2.74. The summed E-state index contributed by atoms with van der Waals surface area (Å²) in [6.45, 7) is 2.13. The zero-order valence-corrected chi connectivity index (χ0v) is 10.2. The van der Waals surface area contributed by atoms with Gasteiger partial charge in [-0.2, -0.15) is 0 Å². The Morgan fingerprint density at radius 1 is 1.11 bits per heavy atom. The van der Waals surface area contributed by atoms with E-state index < -0.39 is 42.5 Å². The number of hydrogen-bond donors (Lipinski definition) is 5. The highest BCUT2D eigenvalue weighted by molar-refractivity contribution is 5.97. The van der Waals surface area contributed by atoms with Crippen molar-refractivity contribution in [3.05, 3.63) is 0 Å². The lowest BCUT2D eigenvalue weighted by Crippen LogP contribution is -2.43. The molecule has 5 N–H and O–H groups in total. The Bertz CT molecular complexity index is 317. The molecule has 0 saturated heterocycles. The lowest BCUT2D eigenvalue weighted by molar-refractivity contribution is -0.134. The van der Waals surface area contributed by atoms with E-state index in [2.05, 4.69) is 5.32 Å². The highest BCUT2D eigenvalue weighted by Crippen LogP contribution is 2.03. The van der Waals surface area contributed by atoms with E-state index in [1.165, 1.54) is 13.8 Å². The zero-order valence-electron chi connectivity index (χ0n) is 10.2. The van der Waals surface area contributed by atoms with Crippen molar-refractivity contribution < 1.29 is 29.7 Å². The summed E-state index contributed by atoms with van der Waals surface area (Å²) in [6, 6.07) is 0. The monoisotopic (exact) mass is 262 g/mol. The second kappa shape index (κ2) is 7.75. The van der Waals surface area contributed by atoms with Gasteiger partial charge in [0.25, 0.3) is 0 Å². The molecular formula is C10H18N2O6. The molecule has 0 aliphatic heterocycles. The van der Waals surface area contributed by atoms with Crippen molar-refractivity contribution in [2.45, 2.75) is 38.6 Å². The van der Waals surface area contributed by atoms with Crippen molar-refractivity contribution in [2.75, 3.05) is 6.54 Å².